The number of amides is 3. The molecule has 2 fully saturated rings. The molecule has 3 aliphatic rings. The Kier molecular flexibility index (Phi) is 6.37. The quantitative estimate of drug-likeness (QED) is 0.645. The van der Waals surface area contributed by atoms with Gasteiger partial charge in [-0.25, -0.2) is 4.79 Å². The number of fused-ring (bicyclic) bond motifs is 1. The van der Waals surface area contributed by atoms with Gasteiger partial charge in [-0.15, -0.1) is 0 Å². The Labute approximate surface area is 200 Å². The summed E-state index contributed by atoms with van der Waals surface area (Å²) in [7, 11) is 0. The lowest BCUT2D eigenvalue weighted by Gasteiger charge is -2.41. The van der Waals surface area contributed by atoms with Crippen molar-refractivity contribution in [2.75, 3.05) is 31.1 Å². The molecule has 0 aromatic heterocycles. The van der Waals surface area contributed by atoms with E-state index < -0.39 is 47.0 Å². The van der Waals surface area contributed by atoms with Gasteiger partial charge in [0.1, 0.15) is 5.75 Å². The fourth-order valence-corrected chi connectivity index (χ4v) is 4.98. The second-order valence-corrected chi connectivity index (χ2v) is 9.54. The van der Waals surface area contributed by atoms with Crippen molar-refractivity contribution in [2.24, 2.45) is 5.73 Å². The van der Waals surface area contributed by atoms with Crippen molar-refractivity contribution in [3.63, 3.8) is 0 Å². The third-order valence-corrected chi connectivity index (χ3v) is 6.77. The molecule has 12 heteroatoms. The largest absolute Gasteiger partial charge is 0.475 e. The van der Waals surface area contributed by atoms with Gasteiger partial charge in [0.2, 0.25) is 0 Å². The highest BCUT2D eigenvalue weighted by Crippen LogP contribution is 2.51. The van der Waals surface area contributed by atoms with Crippen LogP contribution in [0.15, 0.2) is 12.1 Å². The number of rotatable bonds is 5. The number of nitrogens with two attached hydrogens (primary N) is 1. The first-order chi connectivity index (χ1) is 16.4. The van der Waals surface area contributed by atoms with E-state index in [1.807, 2.05) is 0 Å². The first-order valence-corrected chi connectivity index (χ1v) is 11.7. The molecule has 0 radical (unpaired) electrons. The van der Waals surface area contributed by atoms with Gasteiger partial charge in [-0.1, -0.05) is 0 Å². The lowest BCUT2D eigenvalue weighted by Crippen LogP contribution is -2.54. The summed E-state index contributed by atoms with van der Waals surface area (Å²) in [5.74, 6) is -1.36. The number of ether oxygens (including phenoxy) is 1. The molecule has 192 valence electrons. The fraction of sp³-hybridized carbons (Fsp3) is 0.609. The van der Waals surface area contributed by atoms with Gasteiger partial charge >= 0.3 is 12.3 Å². The Bertz CT molecular complexity index is 1040. The molecule has 1 spiro atoms. The number of halogens is 3. The number of carbonyl (C=O) groups excluding carboxylic acids is 2. The van der Waals surface area contributed by atoms with Crippen LogP contribution in [0.25, 0.3) is 0 Å². The normalized spacial score (nSPS) is 21.1. The molecule has 3 amide bonds. The molecule has 1 saturated heterocycles. The minimum absolute atomic E-state index is 0.00889. The number of piperidine rings is 1. The van der Waals surface area contributed by atoms with Crippen LogP contribution in [0.2, 0.25) is 0 Å². The lowest BCUT2D eigenvalue weighted by molar-refractivity contribution is -0.138. The van der Waals surface area contributed by atoms with Gasteiger partial charge in [0, 0.05) is 45.1 Å². The Hall–Kier alpha value is -3.02. The fourth-order valence-electron chi connectivity index (χ4n) is 4.98. The second kappa shape index (κ2) is 8.89. The third-order valence-electron chi connectivity index (χ3n) is 6.77. The summed E-state index contributed by atoms with van der Waals surface area (Å²) in [5.41, 5.74) is 2.81. The molecule has 1 saturated carbocycles. The number of nitrogens with zero attached hydrogens (tertiary/aromatic N) is 3. The maximum atomic E-state index is 14.2. The van der Waals surface area contributed by atoms with E-state index in [1.54, 1.807) is 13.8 Å². The number of carbonyl (C=O) groups is 3. The summed E-state index contributed by atoms with van der Waals surface area (Å²) >= 11 is 0. The van der Waals surface area contributed by atoms with E-state index in [0.29, 0.717) is 32.2 Å². The topological polar surface area (TPSA) is 116 Å². The van der Waals surface area contributed by atoms with Crippen molar-refractivity contribution in [3.8, 4) is 5.75 Å². The molecular weight excluding hydrogens is 469 g/mol. The molecule has 4 rings (SSSR count). The molecule has 3 N–H and O–H groups in total. The van der Waals surface area contributed by atoms with E-state index in [4.69, 9.17) is 10.5 Å². The average molecular weight is 499 g/mol. The van der Waals surface area contributed by atoms with Crippen molar-refractivity contribution >= 4 is 23.6 Å². The maximum absolute atomic E-state index is 14.2. The van der Waals surface area contributed by atoms with Crippen LogP contribution in [0.4, 0.5) is 23.7 Å². The van der Waals surface area contributed by atoms with Gasteiger partial charge < -0.3 is 30.3 Å². The molecule has 35 heavy (non-hydrogen) atoms. The SMILES string of the molecule is CC(C)N(C(=O)c1cc2c(cc1C(F)(F)F)OC1(CC1)C(=O)N2CCN)[C@@H]1CCCN(C(=O)O)C1. The molecule has 1 aromatic carbocycles. The molecular formula is C23H29F3N4O5. The Morgan fingerprint density at radius 2 is 2.00 bits per heavy atom. The predicted molar refractivity (Wildman–Crippen MR) is 119 cm³/mol. The van der Waals surface area contributed by atoms with E-state index in [2.05, 4.69) is 0 Å². The molecule has 1 aliphatic carbocycles. The number of benzene rings is 1. The number of hydrogen-bond acceptors (Lipinski definition) is 5. The standard InChI is InChI=1S/C23H29F3N4O5/c1-13(2)30(14-4-3-8-28(12-14)21(33)34)19(31)15-10-17-18(11-16(15)23(24,25)26)35-22(5-6-22)20(32)29(17)9-7-27/h10-11,13-14H,3-9,12,27H2,1-2H3,(H,33,34)/t14-/m1/s1. The van der Waals surface area contributed by atoms with Crippen LogP contribution >= 0.6 is 0 Å². The zero-order chi connectivity index (χ0) is 25.7. The average Bonchev–Trinajstić information content (AvgIpc) is 3.56. The third kappa shape index (κ3) is 4.51. The predicted octanol–water partition coefficient (Wildman–Crippen LogP) is 2.92. The number of alkyl halides is 3. The summed E-state index contributed by atoms with van der Waals surface area (Å²) in [4.78, 5) is 41.9. The zero-order valence-electron chi connectivity index (χ0n) is 19.6. The van der Waals surface area contributed by atoms with E-state index in [1.165, 1.54) is 14.7 Å². The Balaban J connectivity index is 1.79. The van der Waals surface area contributed by atoms with Gasteiger partial charge in [0.05, 0.1) is 22.9 Å². The smallest absolute Gasteiger partial charge is 0.417 e. The molecule has 0 unspecified atom stereocenters. The molecule has 0 bridgehead atoms. The number of carboxylic acid groups (broad SMARTS) is 1. The van der Waals surface area contributed by atoms with E-state index >= 15 is 0 Å². The highest BCUT2D eigenvalue weighted by molar-refractivity contribution is 6.06. The van der Waals surface area contributed by atoms with Crippen molar-refractivity contribution in [1.29, 1.82) is 0 Å². The number of likely N-dealkylation sites (tertiary alicyclic amines) is 1. The van der Waals surface area contributed by atoms with Crippen LogP contribution in [0.5, 0.6) is 5.75 Å². The van der Waals surface area contributed by atoms with Crippen LogP contribution in [0, 0.1) is 0 Å². The summed E-state index contributed by atoms with van der Waals surface area (Å²) in [6.07, 6.45) is -4.25. The molecule has 1 aromatic rings. The Morgan fingerprint density at radius 3 is 2.54 bits per heavy atom. The van der Waals surface area contributed by atoms with Gasteiger partial charge in [-0.05, 0) is 38.8 Å². The van der Waals surface area contributed by atoms with Crippen molar-refractivity contribution in [1.82, 2.24) is 9.80 Å². The van der Waals surface area contributed by atoms with Gasteiger partial charge in [-0.2, -0.15) is 13.2 Å². The highest BCUT2D eigenvalue weighted by atomic mass is 19.4. The van der Waals surface area contributed by atoms with Crippen LogP contribution in [-0.2, 0) is 11.0 Å². The minimum atomic E-state index is -4.86. The summed E-state index contributed by atoms with van der Waals surface area (Å²) < 4.78 is 48.2. The number of anilines is 1. The Morgan fingerprint density at radius 1 is 1.31 bits per heavy atom. The monoisotopic (exact) mass is 498 g/mol. The van der Waals surface area contributed by atoms with Crippen LogP contribution in [0.1, 0.15) is 55.5 Å². The van der Waals surface area contributed by atoms with E-state index in [0.717, 1.165) is 12.1 Å². The first kappa shape index (κ1) is 25.1. The second-order valence-electron chi connectivity index (χ2n) is 9.54. The molecule has 2 heterocycles. The van der Waals surface area contributed by atoms with Crippen LogP contribution < -0.4 is 15.4 Å². The summed E-state index contributed by atoms with van der Waals surface area (Å²) in [6, 6.07) is 0.779. The first-order valence-electron chi connectivity index (χ1n) is 11.7. The van der Waals surface area contributed by atoms with E-state index in [9.17, 15) is 32.7 Å². The molecule has 2 aliphatic heterocycles. The lowest BCUT2D eigenvalue weighted by atomic mass is 9.97. The van der Waals surface area contributed by atoms with Crippen LogP contribution in [-0.4, -0.2) is 76.7 Å². The molecule has 1 atom stereocenters. The molecule has 9 nitrogen and oxygen atoms in total. The van der Waals surface area contributed by atoms with Crippen molar-refractivity contribution in [3.05, 3.63) is 23.3 Å². The van der Waals surface area contributed by atoms with Gasteiger partial charge in [-0.3, -0.25) is 9.59 Å². The highest BCUT2D eigenvalue weighted by Gasteiger charge is 2.58. The summed E-state index contributed by atoms with van der Waals surface area (Å²) in [5, 5.41) is 9.38. The maximum Gasteiger partial charge on any atom is 0.417 e. The number of hydrogen-bond donors (Lipinski definition) is 2. The minimum Gasteiger partial charge on any atom is -0.475 e. The zero-order valence-corrected chi connectivity index (χ0v) is 19.6. The van der Waals surface area contributed by atoms with Crippen molar-refractivity contribution < 1.29 is 37.4 Å². The van der Waals surface area contributed by atoms with E-state index in [-0.39, 0.29) is 37.0 Å². The summed E-state index contributed by atoms with van der Waals surface area (Å²) in [6.45, 7) is 3.81. The van der Waals surface area contributed by atoms with Gasteiger partial charge in [0.15, 0.2) is 5.60 Å². The van der Waals surface area contributed by atoms with Crippen LogP contribution in [0.3, 0.4) is 0 Å². The van der Waals surface area contributed by atoms with Gasteiger partial charge in [0.25, 0.3) is 11.8 Å². The van der Waals surface area contributed by atoms with Crippen molar-refractivity contribution in [2.45, 2.75) is 63.4 Å².